The van der Waals surface area contributed by atoms with Gasteiger partial charge in [-0.05, 0) is 29.8 Å². The van der Waals surface area contributed by atoms with Gasteiger partial charge in [-0.2, -0.15) is 0 Å². The molecule has 0 unspecified atom stereocenters. The predicted molar refractivity (Wildman–Crippen MR) is 85.8 cm³/mol. The highest BCUT2D eigenvalue weighted by atomic mass is 16.5. The SMILES string of the molecule is CC(C)(C)/[N+]([O-])=C/c1ccc(OCc2ccccc2)cc1. The van der Waals surface area contributed by atoms with Crippen LogP contribution in [0.4, 0.5) is 0 Å². The molecule has 0 spiro atoms. The summed E-state index contributed by atoms with van der Waals surface area (Å²) in [5, 5.41) is 11.9. The Labute approximate surface area is 126 Å². The molecule has 2 aromatic rings. The van der Waals surface area contributed by atoms with E-state index in [1.807, 2.05) is 75.4 Å². The van der Waals surface area contributed by atoms with Gasteiger partial charge in [-0.1, -0.05) is 30.3 Å². The Morgan fingerprint density at radius 3 is 2.19 bits per heavy atom. The highest BCUT2D eigenvalue weighted by Crippen LogP contribution is 2.14. The monoisotopic (exact) mass is 283 g/mol. The van der Waals surface area contributed by atoms with E-state index in [0.29, 0.717) is 6.61 Å². The molecule has 21 heavy (non-hydrogen) atoms. The minimum atomic E-state index is -0.428. The van der Waals surface area contributed by atoms with Gasteiger partial charge in [0.05, 0.1) is 0 Å². The number of hydrogen-bond donors (Lipinski definition) is 0. The van der Waals surface area contributed by atoms with E-state index in [1.165, 1.54) is 0 Å². The zero-order chi connectivity index (χ0) is 15.3. The number of rotatable bonds is 4. The van der Waals surface area contributed by atoms with E-state index in [0.717, 1.165) is 21.6 Å². The molecular weight excluding hydrogens is 262 g/mol. The van der Waals surface area contributed by atoms with Gasteiger partial charge in [0.2, 0.25) is 0 Å². The highest BCUT2D eigenvalue weighted by molar-refractivity contribution is 5.76. The molecule has 0 amide bonds. The van der Waals surface area contributed by atoms with Crippen LogP contribution >= 0.6 is 0 Å². The fourth-order valence-electron chi connectivity index (χ4n) is 1.72. The fraction of sp³-hybridized carbons (Fsp3) is 0.278. The van der Waals surface area contributed by atoms with Crippen LogP contribution in [-0.2, 0) is 6.61 Å². The second kappa shape index (κ2) is 6.44. The maximum absolute atomic E-state index is 11.9. The van der Waals surface area contributed by atoms with Crippen molar-refractivity contribution in [2.24, 2.45) is 0 Å². The molecule has 0 N–H and O–H groups in total. The summed E-state index contributed by atoms with van der Waals surface area (Å²) >= 11 is 0. The van der Waals surface area contributed by atoms with Crippen molar-refractivity contribution < 1.29 is 9.48 Å². The Balaban J connectivity index is 1.99. The summed E-state index contributed by atoms with van der Waals surface area (Å²) in [4.78, 5) is 0. The Morgan fingerprint density at radius 2 is 1.62 bits per heavy atom. The molecule has 0 heterocycles. The molecule has 3 nitrogen and oxygen atoms in total. The van der Waals surface area contributed by atoms with Crippen LogP contribution in [0.2, 0.25) is 0 Å². The van der Waals surface area contributed by atoms with E-state index in [4.69, 9.17) is 4.74 Å². The molecule has 0 aliphatic heterocycles. The Hall–Kier alpha value is -2.29. The molecule has 0 aromatic heterocycles. The molecule has 0 atom stereocenters. The van der Waals surface area contributed by atoms with E-state index in [9.17, 15) is 5.21 Å². The zero-order valence-electron chi connectivity index (χ0n) is 12.7. The van der Waals surface area contributed by atoms with Crippen LogP contribution in [0.5, 0.6) is 5.75 Å². The molecule has 0 saturated heterocycles. The lowest BCUT2D eigenvalue weighted by Crippen LogP contribution is -2.29. The Morgan fingerprint density at radius 1 is 1.00 bits per heavy atom. The van der Waals surface area contributed by atoms with Crippen molar-refractivity contribution in [2.75, 3.05) is 0 Å². The average Bonchev–Trinajstić information content (AvgIpc) is 2.46. The van der Waals surface area contributed by atoms with E-state index < -0.39 is 5.54 Å². The molecule has 0 aliphatic carbocycles. The summed E-state index contributed by atoms with van der Waals surface area (Å²) in [6.07, 6.45) is 1.60. The van der Waals surface area contributed by atoms with Crippen molar-refractivity contribution in [3.8, 4) is 5.75 Å². The molecule has 3 heteroatoms. The maximum Gasteiger partial charge on any atom is 0.182 e. The molecule has 0 aliphatic rings. The third kappa shape index (κ3) is 4.63. The first kappa shape index (κ1) is 15.1. The summed E-state index contributed by atoms with van der Waals surface area (Å²) in [5.74, 6) is 0.796. The molecule has 0 bridgehead atoms. The molecule has 0 saturated carbocycles. The first-order valence-corrected chi connectivity index (χ1v) is 7.03. The van der Waals surface area contributed by atoms with Gasteiger partial charge in [-0.25, -0.2) is 4.74 Å². The Bertz CT molecular complexity index is 595. The lowest BCUT2D eigenvalue weighted by Gasteiger charge is -2.18. The summed E-state index contributed by atoms with van der Waals surface area (Å²) in [6, 6.07) is 17.6. The van der Waals surface area contributed by atoms with Gasteiger partial charge in [0, 0.05) is 26.3 Å². The molecular formula is C18H21NO2. The molecule has 110 valence electrons. The van der Waals surface area contributed by atoms with Crippen LogP contribution in [-0.4, -0.2) is 16.5 Å². The van der Waals surface area contributed by atoms with Gasteiger partial charge in [-0.15, -0.1) is 0 Å². The van der Waals surface area contributed by atoms with Crippen LogP contribution < -0.4 is 4.74 Å². The van der Waals surface area contributed by atoms with Crippen molar-refractivity contribution in [3.05, 3.63) is 70.9 Å². The van der Waals surface area contributed by atoms with Crippen LogP contribution in [0, 0.1) is 5.21 Å². The van der Waals surface area contributed by atoms with Crippen LogP contribution in [0.15, 0.2) is 54.6 Å². The van der Waals surface area contributed by atoms with Gasteiger partial charge in [-0.3, -0.25) is 0 Å². The van der Waals surface area contributed by atoms with Crippen molar-refractivity contribution in [1.29, 1.82) is 0 Å². The maximum atomic E-state index is 11.9. The number of ether oxygens (including phenoxy) is 1. The standard InChI is InChI=1S/C18H21NO2/c1-18(2,3)19(20)13-15-9-11-17(12-10-15)21-14-16-7-5-4-6-8-16/h4-13H,14H2,1-3H3/b19-13-. The highest BCUT2D eigenvalue weighted by Gasteiger charge is 2.17. The van der Waals surface area contributed by atoms with E-state index in [1.54, 1.807) is 6.21 Å². The van der Waals surface area contributed by atoms with Crippen molar-refractivity contribution >= 4 is 6.21 Å². The number of nitrogens with zero attached hydrogens (tertiary/aromatic N) is 1. The quantitative estimate of drug-likeness (QED) is 0.368. The molecule has 0 fully saturated rings. The summed E-state index contributed by atoms with van der Waals surface area (Å²) in [6.45, 7) is 6.19. The smallest absolute Gasteiger partial charge is 0.182 e. The third-order valence-electron chi connectivity index (χ3n) is 3.06. The lowest BCUT2D eigenvalue weighted by molar-refractivity contribution is -0.530. The topological polar surface area (TPSA) is 35.3 Å². The van der Waals surface area contributed by atoms with Crippen molar-refractivity contribution in [1.82, 2.24) is 0 Å². The van der Waals surface area contributed by atoms with Crippen LogP contribution in [0.1, 0.15) is 31.9 Å². The van der Waals surface area contributed by atoms with Crippen molar-refractivity contribution in [2.45, 2.75) is 32.9 Å². The van der Waals surface area contributed by atoms with E-state index in [2.05, 4.69) is 0 Å². The van der Waals surface area contributed by atoms with Gasteiger partial charge < -0.3 is 9.94 Å². The molecule has 0 radical (unpaired) electrons. The lowest BCUT2D eigenvalue weighted by atomic mass is 10.1. The first-order valence-electron chi connectivity index (χ1n) is 7.03. The first-order chi connectivity index (χ1) is 9.95. The second-order valence-corrected chi connectivity index (χ2v) is 5.97. The van der Waals surface area contributed by atoms with Crippen molar-refractivity contribution in [3.63, 3.8) is 0 Å². The predicted octanol–water partition coefficient (Wildman–Crippen LogP) is 3.99. The second-order valence-electron chi connectivity index (χ2n) is 5.97. The number of benzene rings is 2. The van der Waals surface area contributed by atoms with Crippen LogP contribution in [0.3, 0.4) is 0 Å². The summed E-state index contributed by atoms with van der Waals surface area (Å²) in [7, 11) is 0. The third-order valence-corrected chi connectivity index (χ3v) is 3.06. The van der Waals surface area contributed by atoms with Gasteiger partial charge in [0.25, 0.3) is 0 Å². The average molecular weight is 283 g/mol. The van der Waals surface area contributed by atoms with Crippen LogP contribution in [0.25, 0.3) is 0 Å². The fourth-order valence-corrected chi connectivity index (χ4v) is 1.72. The summed E-state index contributed by atoms with van der Waals surface area (Å²) < 4.78 is 6.68. The Kier molecular flexibility index (Phi) is 4.63. The minimum absolute atomic E-state index is 0.428. The minimum Gasteiger partial charge on any atom is -0.623 e. The van der Waals surface area contributed by atoms with Gasteiger partial charge in [0.1, 0.15) is 12.4 Å². The molecule has 2 rings (SSSR count). The number of hydroxylamine groups is 1. The summed E-state index contributed by atoms with van der Waals surface area (Å²) in [5.41, 5.74) is 1.57. The number of hydrogen-bond acceptors (Lipinski definition) is 2. The largest absolute Gasteiger partial charge is 0.623 e. The molecule has 2 aromatic carbocycles. The zero-order valence-corrected chi connectivity index (χ0v) is 12.7. The van der Waals surface area contributed by atoms with Gasteiger partial charge in [0.15, 0.2) is 11.8 Å². The van der Waals surface area contributed by atoms with E-state index >= 15 is 0 Å². The normalized spacial score (nSPS) is 12.2. The van der Waals surface area contributed by atoms with Gasteiger partial charge >= 0.3 is 0 Å². The van der Waals surface area contributed by atoms with E-state index in [-0.39, 0.29) is 0 Å².